The number of unbranched alkanes of at least 4 members (excludes halogenated alkanes) is 5. The topological polar surface area (TPSA) is 130 Å². The lowest BCUT2D eigenvalue weighted by Gasteiger charge is -2.20. The van der Waals surface area contributed by atoms with Gasteiger partial charge < -0.3 is 19.8 Å². The molecule has 0 heterocycles. The molecule has 0 saturated carbocycles. The van der Waals surface area contributed by atoms with E-state index in [1.165, 1.54) is 0 Å². The highest BCUT2D eigenvalue weighted by Crippen LogP contribution is 2.18. The van der Waals surface area contributed by atoms with Crippen molar-refractivity contribution in [2.45, 2.75) is 63.9 Å². The van der Waals surface area contributed by atoms with Gasteiger partial charge in [0, 0.05) is 0 Å². The molecule has 0 saturated heterocycles. The first-order chi connectivity index (χ1) is 10.4. The summed E-state index contributed by atoms with van der Waals surface area (Å²) in [7, 11) is 0. The van der Waals surface area contributed by atoms with Gasteiger partial charge in [-0.2, -0.15) is 5.26 Å². The maximum atomic E-state index is 11.5. The SMILES string of the molecule is CCCCCCCCOC(=O)CC(O)(CC(=O)OO)C(=O)O. The molecule has 0 aromatic heterocycles. The molecule has 0 spiro atoms. The number of carbonyl (C=O) groups excluding carboxylic acids is 2. The van der Waals surface area contributed by atoms with Crippen molar-refractivity contribution >= 4 is 17.9 Å². The van der Waals surface area contributed by atoms with E-state index in [0.29, 0.717) is 6.42 Å². The zero-order valence-electron chi connectivity index (χ0n) is 12.7. The average Bonchev–Trinajstić information content (AvgIpc) is 2.45. The van der Waals surface area contributed by atoms with Crippen molar-refractivity contribution in [1.82, 2.24) is 0 Å². The van der Waals surface area contributed by atoms with Crippen LogP contribution in [0, 0.1) is 0 Å². The molecule has 0 aliphatic carbocycles. The monoisotopic (exact) mass is 320 g/mol. The number of ether oxygens (including phenoxy) is 1. The predicted molar refractivity (Wildman–Crippen MR) is 74.9 cm³/mol. The van der Waals surface area contributed by atoms with E-state index in [0.717, 1.165) is 32.1 Å². The molecule has 1 unspecified atom stereocenters. The first-order valence-corrected chi connectivity index (χ1v) is 7.31. The van der Waals surface area contributed by atoms with Crippen molar-refractivity contribution in [3.63, 3.8) is 0 Å². The highest BCUT2D eigenvalue weighted by molar-refractivity contribution is 5.88. The fourth-order valence-electron chi connectivity index (χ4n) is 1.84. The average molecular weight is 320 g/mol. The van der Waals surface area contributed by atoms with Gasteiger partial charge in [0.05, 0.1) is 19.4 Å². The second-order valence-corrected chi connectivity index (χ2v) is 5.14. The van der Waals surface area contributed by atoms with Crippen LogP contribution in [-0.4, -0.2) is 45.6 Å². The Labute approximate surface area is 129 Å². The molecule has 0 amide bonds. The Morgan fingerprint density at radius 3 is 2.05 bits per heavy atom. The molecule has 0 aromatic rings. The maximum absolute atomic E-state index is 11.5. The summed E-state index contributed by atoms with van der Waals surface area (Å²) in [5, 5.41) is 26.7. The Morgan fingerprint density at radius 1 is 0.955 bits per heavy atom. The zero-order chi connectivity index (χ0) is 17.0. The summed E-state index contributed by atoms with van der Waals surface area (Å²) < 4.78 is 4.83. The molecular weight excluding hydrogens is 296 g/mol. The Hall–Kier alpha value is -1.67. The number of aliphatic carboxylic acids is 1. The standard InChI is InChI=1S/C14H24O8/c1-2-3-4-5-6-7-8-21-11(15)9-14(19,13(17)18)10-12(16)22-20/h19-20H,2-10H2,1H3,(H,17,18). The van der Waals surface area contributed by atoms with Gasteiger partial charge in [0.2, 0.25) is 0 Å². The lowest BCUT2D eigenvalue weighted by molar-refractivity contribution is -0.238. The van der Waals surface area contributed by atoms with Crippen molar-refractivity contribution in [2.75, 3.05) is 6.61 Å². The first-order valence-electron chi connectivity index (χ1n) is 7.31. The molecule has 0 rings (SSSR count). The van der Waals surface area contributed by atoms with Crippen LogP contribution in [-0.2, 0) is 24.0 Å². The van der Waals surface area contributed by atoms with E-state index in [9.17, 15) is 19.5 Å². The van der Waals surface area contributed by atoms with E-state index >= 15 is 0 Å². The van der Waals surface area contributed by atoms with Crippen LogP contribution in [0.3, 0.4) is 0 Å². The van der Waals surface area contributed by atoms with Gasteiger partial charge in [-0.1, -0.05) is 39.0 Å². The molecule has 22 heavy (non-hydrogen) atoms. The Balaban J connectivity index is 4.09. The summed E-state index contributed by atoms with van der Waals surface area (Å²) in [5.41, 5.74) is -2.65. The van der Waals surface area contributed by atoms with Crippen LogP contribution in [0.15, 0.2) is 0 Å². The van der Waals surface area contributed by atoms with E-state index in [2.05, 4.69) is 11.8 Å². The quantitative estimate of drug-likeness (QED) is 0.213. The Morgan fingerprint density at radius 2 is 1.50 bits per heavy atom. The molecule has 3 N–H and O–H groups in total. The number of carboxylic acids is 1. The Bertz CT molecular complexity index is 368. The van der Waals surface area contributed by atoms with E-state index in [4.69, 9.17) is 15.1 Å². The fraction of sp³-hybridized carbons (Fsp3) is 0.786. The summed E-state index contributed by atoms with van der Waals surface area (Å²) in [5.74, 6) is -4.05. The minimum absolute atomic E-state index is 0.130. The van der Waals surface area contributed by atoms with Crippen LogP contribution in [0.2, 0.25) is 0 Å². The number of hydrogen-bond acceptors (Lipinski definition) is 7. The highest BCUT2D eigenvalue weighted by Gasteiger charge is 2.42. The second kappa shape index (κ2) is 11.0. The minimum Gasteiger partial charge on any atom is -0.479 e. The number of carboxylic acid groups (broad SMARTS) is 1. The van der Waals surface area contributed by atoms with Crippen LogP contribution >= 0.6 is 0 Å². The van der Waals surface area contributed by atoms with Crippen molar-refractivity contribution in [3.8, 4) is 0 Å². The van der Waals surface area contributed by atoms with Crippen molar-refractivity contribution in [2.24, 2.45) is 0 Å². The summed E-state index contributed by atoms with van der Waals surface area (Å²) in [4.78, 5) is 36.6. The third kappa shape index (κ3) is 8.58. The van der Waals surface area contributed by atoms with Gasteiger partial charge in [0.15, 0.2) is 5.60 Å². The summed E-state index contributed by atoms with van der Waals surface area (Å²) in [6.07, 6.45) is 4.05. The van der Waals surface area contributed by atoms with Gasteiger partial charge in [0.25, 0.3) is 0 Å². The number of carbonyl (C=O) groups is 3. The van der Waals surface area contributed by atoms with Gasteiger partial charge in [0.1, 0.15) is 0 Å². The second-order valence-electron chi connectivity index (χ2n) is 5.14. The fourth-order valence-corrected chi connectivity index (χ4v) is 1.84. The van der Waals surface area contributed by atoms with E-state index in [1.807, 2.05) is 0 Å². The lowest BCUT2D eigenvalue weighted by Crippen LogP contribution is -2.43. The first kappa shape index (κ1) is 20.3. The molecule has 0 bridgehead atoms. The molecule has 0 aliphatic rings. The molecule has 8 nitrogen and oxygen atoms in total. The molecule has 0 aromatic carbocycles. The van der Waals surface area contributed by atoms with Crippen LogP contribution in [0.5, 0.6) is 0 Å². The van der Waals surface area contributed by atoms with E-state index in [1.54, 1.807) is 0 Å². The third-order valence-corrected chi connectivity index (χ3v) is 3.13. The molecule has 1 atom stereocenters. The van der Waals surface area contributed by atoms with Gasteiger partial charge >= 0.3 is 17.9 Å². The normalized spacial score (nSPS) is 13.2. The predicted octanol–water partition coefficient (Wildman–Crippen LogP) is 1.50. The largest absolute Gasteiger partial charge is 0.479 e. The number of aliphatic hydroxyl groups is 1. The van der Waals surface area contributed by atoms with Crippen molar-refractivity contribution in [1.29, 1.82) is 0 Å². The van der Waals surface area contributed by atoms with Gasteiger partial charge in [-0.05, 0) is 6.42 Å². The van der Waals surface area contributed by atoms with E-state index in [-0.39, 0.29) is 6.61 Å². The molecular formula is C14H24O8. The number of hydrogen-bond donors (Lipinski definition) is 3. The summed E-state index contributed by atoms with van der Waals surface area (Å²) >= 11 is 0. The summed E-state index contributed by atoms with van der Waals surface area (Å²) in [6, 6.07) is 0. The van der Waals surface area contributed by atoms with Crippen LogP contribution in [0.1, 0.15) is 58.3 Å². The van der Waals surface area contributed by atoms with Gasteiger partial charge in [-0.3, -0.25) is 4.79 Å². The molecule has 0 aliphatic heterocycles. The maximum Gasteiger partial charge on any atom is 0.345 e. The lowest BCUT2D eigenvalue weighted by atomic mass is 9.96. The van der Waals surface area contributed by atoms with Gasteiger partial charge in [-0.25, -0.2) is 9.59 Å². The van der Waals surface area contributed by atoms with Crippen LogP contribution in [0.25, 0.3) is 0 Å². The van der Waals surface area contributed by atoms with E-state index < -0.39 is 36.4 Å². The molecule has 128 valence electrons. The highest BCUT2D eigenvalue weighted by atomic mass is 17.1. The smallest absolute Gasteiger partial charge is 0.345 e. The molecule has 0 fully saturated rings. The third-order valence-electron chi connectivity index (χ3n) is 3.13. The van der Waals surface area contributed by atoms with Gasteiger partial charge in [-0.15, -0.1) is 0 Å². The van der Waals surface area contributed by atoms with Crippen molar-refractivity contribution in [3.05, 3.63) is 0 Å². The van der Waals surface area contributed by atoms with Crippen molar-refractivity contribution < 1.29 is 39.5 Å². The Kier molecular flexibility index (Phi) is 10.1. The van der Waals surface area contributed by atoms with Crippen LogP contribution in [0.4, 0.5) is 0 Å². The molecule has 0 radical (unpaired) electrons. The number of esters is 1. The summed E-state index contributed by atoms with van der Waals surface area (Å²) in [6.45, 7) is 2.24. The zero-order valence-corrected chi connectivity index (χ0v) is 12.7. The number of rotatable bonds is 12. The molecule has 8 heteroatoms. The minimum atomic E-state index is -2.65. The van der Waals surface area contributed by atoms with Crippen LogP contribution < -0.4 is 0 Å².